The molecule has 3 unspecified atom stereocenters. The topological polar surface area (TPSA) is 128 Å². The molecule has 3 aromatic rings. The van der Waals surface area contributed by atoms with Crippen molar-refractivity contribution in [3.63, 3.8) is 0 Å². The van der Waals surface area contributed by atoms with Gasteiger partial charge < -0.3 is 20.3 Å². The summed E-state index contributed by atoms with van der Waals surface area (Å²) in [6.07, 6.45) is 5.58. The number of carbonyl (C=O) groups excluding carboxylic acids is 1. The minimum Gasteiger partial charge on any atom is -0.367 e. The van der Waals surface area contributed by atoms with Crippen LogP contribution in [0.4, 0.5) is 5.82 Å². The standard InChI is InChI=1S/C22H28N6O2S.H2OS/c1-13(8-23)6-15(3)27-22-17(10-24-12-25-22)20(29)18-7-16(11-31-18)21-19-14(2)9-26-28(19)4-5-30-21;1-2/h7,9-13,15,21H,4-6,8,23H2,1-3H3,(H,24,25,27);1-2H. The third-order valence-corrected chi connectivity index (χ3v) is 6.50. The van der Waals surface area contributed by atoms with Gasteiger partial charge in [0.2, 0.25) is 5.78 Å². The van der Waals surface area contributed by atoms with E-state index >= 15 is 0 Å². The predicted molar refractivity (Wildman–Crippen MR) is 132 cm³/mol. The van der Waals surface area contributed by atoms with Crippen molar-refractivity contribution in [1.29, 1.82) is 0 Å². The van der Waals surface area contributed by atoms with Crippen molar-refractivity contribution < 1.29 is 14.1 Å². The van der Waals surface area contributed by atoms with Gasteiger partial charge in [-0.3, -0.25) is 9.48 Å². The van der Waals surface area contributed by atoms with Crippen molar-refractivity contribution in [1.82, 2.24) is 19.7 Å². The third kappa shape index (κ3) is 5.79. The maximum absolute atomic E-state index is 13.3. The molecule has 4 heterocycles. The van der Waals surface area contributed by atoms with E-state index < -0.39 is 0 Å². The molecular formula is C22H30N6O3S2. The van der Waals surface area contributed by atoms with E-state index in [1.807, 2.05) is 29.2 Å². The number of anilines is 1. The average Bonchev–Trinajstić information content (AvgIpc) is 3.47. The quantitative estimate of drug-likeness (QED) is 0.214. The summed E-state index contributed by atoms with van der Waals surface area (Å²) in [7, 11) is 0. The number of nitrogens with two attached hydrogens (primary N) is 1. The molecule has 0 radical (unpaired) electrons. The lowest BCUT2D eigenvalue weighted by Crippen LogP contribution is -2.24. The second kappa shape index (κ2) is 11.7. The third-order valence-electron chi connectivity index (χ3n) is 5.55. The van der Waals surface area contributed by atoms with E-state index in [1.54, 1.807) is 6.20 Å². The number of thiol groups is 1. The van der Waals surface area contributed by atoms with E-state index in [-0.39, 0.29) is 17.9 Å². The van der Waals surface area contributed by atoms with Crippen LogP contribution in [0.2, 0.25) is 0 Å². The van der Waals surface area contributed by atoms with Gasteiger partial charge in [0, 0.05) is 12.2 Å². The van der Waals surface area contributed by atoms with Gasteiger partial charge in [0.1, 0.15) is 18.2 Å². The Hall–Kier alpha value is -2.31. The van der Waals surface area contributed by atoms with Crippen LogP contribution < -0.4 is 11.1 Å². The van der Waals surface area contributed by atoms with Gasteiger partial charge in [0.05, 0.1) is 35.5 Å². The Bertz CT molecular complexity index is 1070. The molecule has 0 spiro atoms. The van der Waals surface area contributed by atoms with Gasteiger partial charge in [-0.2, -0.15) is 5.10 Å². The first-order valence-electron chi connectivity index (χ1n) is 10.7. The number of aromatic nitrogens is 4. The van der Waals surface area contributed by atoms with Crippen molar-refractivity contribution in [3.05, 3.63) is 57.4 Å². The van der Waals surface area contributed by atoms with Crippen LogP contribution in [0.3, 0.4) is 0 Å². The van der Waals surface area contributed by atoms with Crippen LogP contribution in [0, 0.1) is 12.8 Å². The lowest BCUT2D eigenvalue weighted by Gasteiger charge is -2.24. The molecule has 4 rings (SSSR count). The largest absolute Gasteiger partial charge is 0.367 e. The van der Waals surface area contributed by atoms with Crippen LogP contribution in [0.15, 0.2) is 30.2 Å². The fraction of sp³-hybridized carbons (Fsp3) is 0.455. The van der Waals surface area contributed by atoms with Gasteiger partial charge in [0.25, 0.3) is 0 Å². The monoisotopic (exact) mass is 490 g/mol. The summed E-state index contributed by atoms with van der Waals surface area (Å²) in [5, 5.41) is 9.77. The second-order valence-corrected chi connectivity index (χ2v) is 9.08. The Balaban J connectivity index is 0.00000149. The number of fused-ring (bicyclic) bond motifs is 1. The molecule has 0 fully saturated rings. The zero-order valence-corrected chi connectivity index (χ0v) is 20.6. The maximum Gasteiger partial charge on any atom is 0.208 e. The first-order chi connectivity index (χ1) is 16.0. The highest BCUT2D eigenvalue weighted by Crippen LogP contribution is 2.34. The molecule has 4 N–H and O–H groups in total. The summed E-state index contributed by atoms with van der Waals surface area (Å²) in [6, 6.07) is 2.05. The SMILES string of the molecule is Cc1cnn2c1C(c1csc(C(=O)c3cncnc3NC(C)CC(C)CN)c1)OCC2.OS. The Labute approximate surface area is 203 Å². The molecule has 0 amide bonds. The Morgan fingerprint density at radius 2 is 2.21 bits per heavy atom. The molecule has 0 saturated heterocycles. The van der Waals surface area contributed by atoms with Crippen molar-refractivity contribution in [2.24, 2.45) is 11.7 Å². The van der Waals surface area contributed by atoms with Gasteiger partial charge in [-0.1, -0.05) is 6.92 Å². The Morgan fingerprint density at radius 3 is 2.97 bits per heavy atom. The zero-order chi connectivity index (χ0) is 24.0. The van der Waals surface area contributed by atoms with Crippen molar-refractivity contribution in [2.45, 2.75) is 45.9 Å². The number of aryl methyl sites for hydroxylation is 1. The van der Waals surface area contributed by atoms with Crippen LogP contribution >= 0.6 is 24.2 Å². The van der Waals surface area contributed by atoms with Crippen molar-refractivity contribution in [2.75, 3.05) is 18.5 Å². The highest BCUT2D eigenvalue weighted by Gasteiger charge is 2.28. The molecule has 178 valence electrons. The number of ether oxygens (including phenoxy) is 1. The Kier molecular flexibility index (Phi) is 8.98. The first-order valence-corrected chi connectivity index (χ1v) is 12.0. The van der Waals surface area contributed by atoms with Crippen LogP contribution in [0.5, 0.6) is 0 Å². The molecule has 3 aromatic heterocycles. The van der Waals surface area contributed by atoms with Crippen molar-refractivity contribution >= 4 is 35.8 Å². The van der Waals surface area contributed by atoms with E-state index in [4.69, 9.17) is 15.0 Å². The number of hydrogen-bond acceptors (Lipinski definition) is 10. The number of nitrogens with zero attached hydrogens (tertiary/aromatic N) is 4. The van der Waals surface area contributed by atoms with Crippen LogP contribution in [-0.2, 0) is 11.3 Å². The van der Waals surface area contributed by atoms with Crippen molar-refractivity contribution in [3.8, 4) is 0 Å². The molecule has 0 bridgehead atoms. The average molecular weight is 491 g/mol. The van der Waals surface area contributed by atoms with Gasteiger partial charge in [-0.05, 0) is 68.2 Å². The lowest BCUT2D eigenvalue weighted by atomic mass is 10.0. The molecule has 1 aliphatic rings. The van der Waals surface area contributed by atoms with E-state index in [1.165, 1.54) is 17.7 Å². The highest BCUT2D eigenvalue weighted by atomic mass is 32.1. The van der Waals surface area contributed by atoms with Gasteiger partial charge >= 0.3 is 0 Å². The molecule has 11 heteroatoms. The number of ketones is 1. The second-order valence-electron chi connectivity index (χ2n) is 8.17. The van der Waals surface area contributed by atoms with E-state index in [0.717, 1.165) is 29.8 Å². The zero-order valence-electron chi connectivity index (χ0n) is 18.9. The van der Waals surface area contributed by atoms with Crippen LogP contribution in [-0.4, -0.2) is 49.3 Å². The normalized spacial score (nSPS) is 16.8. The first kappa shape index (κ1) is 25.3. The number of thiophene rings is 1. The molecule has 0 aromatic carbocycles. The molecule has 9 nitrogen and oxygen atoms in total. The molecule has 1 aliphatic heterocycles. The maximum atomic E-state index is 13.3. The number of carbonyl (C=O) groups is 1. The summed E-state index contributed by atoms with van der Waals surface area (Å²) >= 11 is 3.94. The minimum absolute atomic E-state index is 0.0977. The number of rotatable bonds is 8. The van der Waals surface area contributed by atoms with Gasteiger partial charge in [-0.15, -0.1) is 11.3 Å². The van der Waals surface area contributed by atoms with Gasteiger partial charge in [-0.25, -0.2) is 9.97 Å². The molecule has 0 aliphatic carbocycles. The fourth-order valence-corrected chi connectivity index (χ4v) is 4.82. The predicted octanol–water partition coefficient (Wildman–Crippen LogP) is 3.57. The number of hydrogen-bond donors (Lipinski definition) is 4. The number of nitrogens with one attached hydrogen (secondary N) is 1. The summed E-state index contributed by atoms with van der Waals surface area (Å²) in [6.45, 7) is 8.17. The minimum atomic E-state index is -0.212. The van der Waals surface area contributed by atoms with Crippen LogP contribution in [0.1, 0.15) is 58.4 Å². The summed E-state index contributed by atoms with van der Waals surface area (Å²) in [4.78, 5) is 22.3. The van der Waals surface area contributed by atoms with E-state index in [9.17, 15) is 4.79 Å². The van der Waals surface area contributed by atoms with Crippen LogP contribution in [0.25, 0.3) is 0 Å². The molecule has 33 heavy (non-hydrogen) atoms. The molecule has 0 saturated carbocycles. The molecular weight excluding hydrogens is 460 g/mol. The van der Waals surface area contributed by atoms with E-state index in [0.29, 0.717) is 35.3 Å². The summed E-state index contributed by atoms with van der Waals surface area (Å²) in [5.41, 5.74) is 9.32. The molecule has 3 atom stereocenters. The fourth-order valence-electron chi connectivity index (χ4n) is 3.94. The highest BCUT2D eigenvalue weighted by molar-refractivity contribution is 7.74. The summed E-state index contributed by atoms with van der Waals surface area (Å²) in [5.74, 6) is 0.838. The lowest BCUT2D eigenvalue weighted by molar-refractivity contribution is 0.0420. The summed E-state index contributed by atoms with van der Waals surface area (Å²) < 4.78 is 14.7. The Morgan fingerprint density at radius 1 is 1.42 bits per heavy atom. The van der Waals surface area contributed by atoms with Gasteiger partial charge in [0.15, 0.2) is 0 Å². The smallest absolute Gasteiger partial charge is 0.208 e. The van der Waals surface area contributed by atoms with E-state index in [2.05, 4.69) is 47.1 Å².